The average Bonchev–Trinajstić information content (AvgIpc) is 2.32. The summed E-state index contributed by atoms with van der Waals surface area (Å²) < 4.78 is 26.1. The lowest BCUT2D eigenvalue weighted by Gasteiger charge is -2.05. The maximum Gasteiger partial charge on any atom is 0.130 e. The Labute approximate surface area is 113 Å². The number of benzene rings is 2. The molecule has 0 atom stereocenters. The highest BCUT2D eigenvalue weighted by Gasteiger charge is 2.05. The zero-order valence-electron chi connectivity index (χ0n) is 9.29. The highest BCUT2D eigenvalue weighted by Crippen LogP contribution is 2.29. The lowest BCUT2D eigenvalue weighted by molar-refractivity contribution is 0.576. The predicted molar refractivity (Wildman–Crippen MR) is 71.8 cm³/mol. The lowest BCUT2D eigenvalue weighted by atomic mass is 10.2. The summed E-state index contributed by atoms with van der Waals surface area (Å²) in [6, 6.07) is 8.80. The van der Waals surface area contributed by atoms with E-state index >= 15 is 0 Å². The fourth-order valence-electron chi connectivity index (χ4n) is 1.40. The molecule has 0 bridgehead atoms. The summed E-state index contributed by atoms with van der Waals surface area (Å²) in [5.41, 5.74) is 6.56. The zero-order chi connectivity index (χ0) is 13.1. The number of halogens is 3. The first kappa shape index (κ1) is 13.2. The first-order valence-corrected chi connectivity index (χ1v) is 6.54. The van der Waals surface area contributed by atoms with Crippen LogP contribution in [0.5, 0.6) is 0 Å². The van der Waals surface area contributed by atoms with Gasteiger partial charge in [0.1, 0.15) is 11.6 Å². The third-order valence-electron chi connectivity index (χ3n) is 2.38. The Morgan fingerprint density at radius 3 is 2.56 bits per heavy atom. The van der Waals surface area contributed by atoms with Gasteiger partial charge in [-0.2, -0.15) is 0 Å². The minimum Gasteiger partial charge on any atom is -0.398 e. The van der Waals surface area contributed by atoms with Crippen LogP contribution in [0.3, 0.4) is 0 Å². The molecular weight excluding hydrogens is 276 g/mol. The normalized spacial score (nSPS) is 10.6. The molecule has 0 aliphatic heterocycles. The largest absolute Gasteiger partial charge is 0.398 e. The molecule has 2 aromatic carbocycles. The van der Waals surface area contributed by atoms with Crippen molar-refractivity contribution in [1.29, 1.82) is 0 Å². The van der Waals surface area contributed by atoms with Gasteiger partial charge < -0.3 is 5.73 Å². The molecule has 2 aromatic rings. The maximum absolute atomic E-state index is 13.4. The maximum atomic E-state index is 13.4. The third-order valence-corrected chi connectivity index (χ3v) is 3.75. The Morgan fingerprint density at radius 2 is 1.89 bits per heavy atom. The van der Waals surface area contributed by atoms with Gasteiger partial charge in [0, 0.05) is 16.7 Å². The molecule has 0 spiro atoms. The third kappa shape index (κ3) is 3.15. The smallest absolute Gasteiger partial charge is 0.130 e. The Hall–Kier alpha value is -1.26. The molecular formula is C13H10ClF2NS. The molecule has 94 valence electrons. The van der Waals surface area contributed by atoms with Gasteiger partial charge in [-0.15, -0.1) is 11.8 Å². The van der Waals surface area contributed by atoms with E-state index in [2.05, 4.69) is 0 Å². The Balaban J connectivity index is 2.09. The van der Waals surface area contributed by atoms with E-state index in [-0.39, 0.29) is 0 Å². The fraction of sp³-hybridized carbons (Fsp3) is 0.0769. The minimum atomic E-state index is -0.572. The number of nitrogen functional groups attached to an aromatic ring is 1. The molecule has 1 nitrogen and oxygen atoms in total. The van der Waals surface area contributed by atoms with Crippen LogP contribution in [-0.2, 0) is 5.75 Å². The van der Waals surface area contributed by atoms with Crippen molar-refractivity contribution in [2.45, 2.75) is 10.6 Å². The summed E-state index contributed by atoms with van der Waals surface area (Å²) in [5, 5.41) is 0.472. The molecule has 0 amide bonds. The van der Waals surface area contributed by atoms with Crippen LogP contribution in [0.4, 0.5) is 14.5 Å². The van der Waals surface area contributed by atoms with Gasteiger partial charge in [-0.25, -0.2) is 8.78 Å². The summed E-state index contributed by atoms with van der Waals surface area (Å²) in [6.07, 6.45) is 0. The van der Waals surface area contributed by atoms with Crippen molar-refractivity contribution in [2.24, 2.45) is 0 Å². The Bertz CT molecular complexity index is 575. The van der Waals surface area contributed by atoms with Gasteiger partial charge in [-0.1, -0.05) is 17.7 Å². The van der Waals surface area contributed by atoms with Crippen LogP contribution in [0.25, 0.3) is 0 Å². The number of rotatable bonds is 3. The molecule has 0 radical (unpaired) electrons. The second-order valence-electron chi connectivity index (χ2n) is 3.71. The van der Waals surface area contributed by atoms with Gasteiger partial charge in [0.05, 0.1) is 10.7 Å². The zero-order valence-corrected chi connectivity index (χ0v) is 10.9. The molecule has 0 aromatic heterocycles. The number of hydrogen-bond donors (Lipinski definition) is 1. The molecule has 0 fully saturated rings. The number of thioether (sulfide) groups is 1. The molecule has 0 aliphatic rings. The second kappa shape index (κ2) is 5.59. The van der Waals surface area contributed by atoms with Crippen molar-refractivity contribution in [1.82, 2.24) is 0 Å². The van der Waals surface area contributed by atoms with Crippen molar-refractivity contribution in [3.8, 4) is 0 Å². The molecule has 0 unspecified atom stereocenters. The highest BCUT2D eigenvalue weighted by atomic mass is 35.5. The van der Waals surface area contributed by atoms with Gasteiger partial charge in [-0.05, 0) is 29.8 Å². The molecule has 2 rings (SSSR count). The number of anilines is 1. The van der Waals surface area contributed by atoms with Gasteiger partial charge in [-0.3, -0.25) is 0 Å². The summed E-state index contributed by atoms with van der Waals surface area (Å²) >= 11 is 7.30. The summed E-state index contributed by atoms with van der Waals surface area (Å²) in [5.74, 6) is -0.701. The molecule has 5 heteroatoms. The van der Waals surface area contributed by atoms with Crippen molar-refractivity contribution in [3.05, 3.63) is 58.6 Å². The topological polar surface area (TPSA) is 26.0 Å². The first-order chi connectivity index (χ1) is 8.56. The lowest BCUT2D eigenvalue weighted by Crippen LogP contribution is -1.90. The SMILES string of the molecule is Nc1ccc(SCc2ccc(F)cc2F)cc1Cl. The Kier molecular flexibility index (Phi) is 4.09. The van der Waals surface area contributed by atoms with Crippen LogP contribution in [0, 0.1) is 11.6 Å². The summed E-state index contributed by atoms with van der Waals surface area (Å²) in [6.45, 7) is 0. The predicted octanol–water partition coefficient (Wildman–Crippen LogP) is 4.49. The van der Waals surface area contributed by atoms with Crippen LogP contribution in [0.15, 0.2) is 41.3 Å². The molecule has 0 saturated heterocycles. The Morgan fingerprint density at radius 1 is 1.11 bits per heavy atom. The minimum absolute atomic E-state index is 0.409. The van der Waals surface area contributed by atoms with Crippen LogP contribution in [0.1, 0.15) is 5.56 Å². The van der Waals surface area contributed by atoms with E-state index in [1.807, 2.05) is 6.07 Å². The van der Waals surface area contributed by atoms with Crippen LogP contribution >= 0.6 is 23.4 Å². The molecule has 0 heterocycles. The van der Waals surface area contributed by atoms with Gasteiger partial charge in [0.25, 0.3) is 0 Å². The van der Waals surface area contributed by atoms with E-state index in [9.17, 15) is 8.78 Å². The molecule has 0 aliphatic carbocycles. The van der Waals surface area contributed by atoms with Crippen molar-refractivity contribution >= 4 is 29.1 Å². The van der Waals surface area contributed by atoms with E-state index in [0.717, 1.165) is 11.0 Å². The van der Waals surface area contributed by atoms with Crippen LogP contribution < -0.4 is 5.73 Å². The van der Waals surface area contributed by atoms with E-state index < -0.39 is 11.6 Å². The first-order valence-electron chi connectivity index (χ1n) is 5.18. The van der Waals surface area contributed by atoms with E-state index in [1.165, 1.54) is 23.9 Å². The monoisotopic (exact) mass is 285 g/mol. The van der Waals surface area contributed by atoms with Crippen molar-refractivity contribution in [3.63, 3.8) is 0 Å². The van der Waals surface area contributed by atoms with E-state index in [1.54, 1.807) is 12.1 Å². The van der Waals surface area contributed by atoms with Crippen molar-refractivity contribution in [2.75, 3.05) is 5.73 Å². The number of nitrogens with two attached hydrogens (primary N) is 1. The standard InChI is InChI=1S/C13H10ClF2NS/c14-11-6-10(3-4-13(11)17)18-7-8-1-2-9(15)5-12(8)16/h1-6H,7,17H2. The van der Waals surface area contributed by atoms with Crippen LogP contribution in [0.2, 0.25) is 5.02 Å². The molecule has 18 heavy (non-hydrogen) atoms. The summed E-state index contributed by atoms with van der Waals surface area (Å²) in [7, 11) is 0. The summed E-state index contributed by atoms with van der Waals surface area (Å²) in [4.78, 5) is 0.887. The number of hydrogen-bond acceptors (Lipinski definition) is 2. The molecule has 2 N–H and O–H groups in total. The average molecular weight is 286 g/mol. The highest BCUT2D eigenvalue weighted by molar-refractivity contribution is 7.98. The quantitative estimate of drug-likeness (QED) is 0.664. The van der Waals surface area contributed by atoms with E-state index in [4.69, 9.17) is 17.3 Å². The van der Waals surface area contributed by atoms with Gasteiger partial charge >= 0.3 is 0 Å². The van der Waals surface area contributed by atoms with E-state index in [0.29, 0.717) is 22.0 Å². The van der Waals surface area contributed by atoms with Gasteiger partial charge in [0.2, 0.25) is 0 Å². The second-order valence-corrected chi connectivity index (χ2v) is 5.16. The van der Waals surface area contributed by atoms with Gasteiger partial charge in [0.15, 0.2) is 0 Å². The van der Waals surface area contributed by atoms with Crippen LogP contribution in [-0.4, -0.2) is 0 Å². The van der Waals surface area contributed by atoms with Crippen molar-refractivity contribution < 1.29 is 8.78 Å². The fourth-order valence-corrected chi connectivity index (χ4v) is 2.56. The molecule has 0 saturated carbocycles.